The highest BCUT2D eigenvalue weighted by Gasteiger charge is 2.47. The average Bonchev–Trinajstić information content (AvgIpc) is 3.69. The van der Waals surface area contributed by atoms with Crippen molar-refractivity contribution in [3.63, 3.8) is 0 Å². The second-order valence-corrected chi connectivity index (χ2v) is 18.8. The molecule has 70 heavy (non-hydrogen) atoms. The third kappa shape index (κ3) is 7.26. The van der Waals surface area contributed by atoms with Gasteiger partial charge in [0.25, 0.3) is 0 Å². The zero-order valence-corrected chi connectivity index (χ0v) is 39.9. The van der Waals surface area contributed by atoms with E-state index in [1.807, 2.05) is 36.4 Å². The van der Waals surface area contributed by atoms with Crippen LogP contribution in [0.25, 0.3) is 43.4 Å². The first kappa shape index (κ1) is 44.5. The minimum absolute atomic E-state index is 0.105. The van der Waals surface area contributed by atoms with Crippen LogP contribution in [0.15, 0.2) is 182 Å². The van der Waals surface area contributed by atoms with Crippen molar-refractivity contribution in [1.82, 2.24) is 0 Å². The number of hydrogen-bond donors (Lipinski definition) is 0. The highest BCUT2D eigenvalue weighted by Crippen LogP contribution is 2.52. The Hall–Kier alpha value is -6.68. The first-order chi connectivity index (χ1) is 34.5. The Morgan fingerprint density at radius 3 is 1.89 bits per heavy atom. The number of methoxy groups -OCH3 is 2. The van der Waals surface area contributed by atoms with Crippen LogP contribution < -0.4 is 4.74 Å². The molecule has 2 aliphatic heterocycles. The van der Waals surface area contributed by atoms with E-state index in [2.05, 4.69) is 153 Å². The second-order valence-electron chi connectivity index (χ2n) is 18.8. The molecule has 2 fully saturated rings. The smallest absolute Gasteiger partial charge is 0.226 e. The van der Waals surface area contributed by atoms with Gasteiger partial charge in [-0.3, -0.25) is 0 Å². The van der Waals surface area contributed by atoms with Gasteiger partial charge in [0.05, 0.1) is 38.6 Å². The van der Waals surface area contributed by atoms with Crippen LogP contribution in [0.3, 0.4) is 0 Å². The number of benzene rings is 9. The molecular weight excluding hydrogens is 869 g/mol. The number of aryl methyl sites for hydroxylation is 1. The molecule has 0 N–H and O–H groups in total. The lowest BCUT2D eigenvalue weighted by Crippen LogP contribution is -2.43. The van der Waals surface area contributed by atoms with Gasteiger partial charge in [0, 0.05) is 54.4 Å². The molecule has 0 unspecified atom stereocenters. The Morgan fingerprint density at radius 2 is 1.17 bits per heavy atom. The molecule has 0 amide bonds. The maximum Gasteiger partial charge on any atom is 0.226 e. The summed E-state index contributed by atoms with van der Waals surface area (Å²) in [5.74, 6) is -2.77. The molecule has 0 radical (unpaired) electrons. The Kier molecular flexibility index (Phi) is 11.6. The lowest BCUT2D eigenvalue weighted by Gasteiger charge is -2.44. The maximum absolute atomic E-state index is 7.25. The molecule has 1 spiro atoms. The van der Waals surface area contributed by atoms with Crippen LogP contribution in [0, 0.1) is 6.92 Å². The summed E-state index contributed by atoms with van der Waals surface area (Å²) in [4.78, 5) is 0. The van der Waals surface area contributed by atoms with Crippen molar-refractivity contribution in [1.29, 1.82) is 0 Å². The van der Waals surface area contributed by atoms with E-state index in [1.165, 1.54) is 5.56 Å². The van der Waals surface area contributed by atoms with Crippen LogP contribution in [0.5, 0.6) is 5.75 Å². The van der Waals surface area contributed by atoms with E-state index in [0.29, 0.717) is 39.5 Å². The van der Waals surface area contributed by atoms with Gasteiger partial charge in [-0.15, -0.1) is 0 Å². The van der Waals surface area contributed by atoms with Crippen LogP contribution >= 0.6 is 0 Å². The number of fused-ring (bicyclic) bond motifs is 10. The van der Waals surface area contributed by atoms with Crippen molar-refractivity contribution in [3.8, 4) is 16.9 Å². The molecule has 350 valence electrons. The van der Waals surface area contributed by atoms with Gasteiger partial charge in [-0.1, -0.05) is 170 Å². The van der Waals surface area contributed by atoms with Gasteiger partial charge in [-0.2, -0.15) is 0 Å². The van der Waals surface area contributed by atoms with E-state index < -0.39 is 17.4 Å². The molecule has 9 aromatic rings. The number of ether oxygens (including phenoxy) is 7. The maximum atomic E-state index is 7.25. The Labute approximate surface area is 409 Å². The van der Waals surface area contributed by atoms with Crippen LogP contribution in [-0.4, -0.2) is 47.3 Å². The number of rotatable bonds is 11. The van der Waals surface area contributed by atoms with Crippen LogP contribution in [0.2, 0.25) is 0 Å². The molecule has 12 rings (SSSR count). The molecule has 7 heteroatoms. The molecule has 2 bridgehead atoms. The average molecular weight is 925 g/mol. The second kappa shape index (κ2) is 18.2. The molecule has 1 aliphatic carbocycles. The van der Waals surface area contributed by atoms with Gasteiger partial charge in [-0.05, 0) is 92.0 Å². The summed E-state index contributed by atoms with van der Waals surface area (Å²) >= 11 is 0. The zero-order chi connectivity index (χ0) is 47.3. The van der Waals surface area contributed by atoms with Gasteiger partial charge >= 0.3 is 0 Å². The molecule has 2 heterocycles. The lowest BCUT2D eigenvalue weighted by molar-refractivity contribution is -0.255. The number of hydrogen-bond acceptors (Lipinski definition) is 7. The quantitative estimate of drug-likeness (QED) is 0.120. The summed E-state index contributed by atoms with van der Waals surface area (Å²) in [7, 11) is 3.45. The van der Waals surface area contributed by atoms with E-state index in [9.17, 15) is 0 Å². The SMILES string of the molecule is COC(OC)(c1ccccc1)c1c(C)ccc2c(C3COC4(OC3)c3cccc(c3)-c3ccc5ccccc5c34)cc(CCOc3ccc4ccccc4c3C3(c4ccccc4)OCCCCO3)cc12. The van der Waals surface area contributed by atoms with E-state index in [0.717, 1.165) is 107 Å². The Balaban J connectivity index is 0.961. The summed E-state index contributed by atoms with van der Waals surface area (Å²) in [6, 6.07) is 63.8. The van der Waals surface area contributed by atoms with Crippen molar-refractivity contribution in [2.45, 2.75) is 49.5 Å². The van der Waals surface area contributed by atoms with Gasteiger partial charge in [0.1, 0.15) is 5.75 Å². The molecule has 9 aromatic carbocycles. The highest BCUT2D eigenvalue weighted by molar-refractivity contribution is 5.95. The van der Waals surface area contributed by atoms with Gasteiger partial charge in [0.15, 0.2) is 0 Å². The fraction of sp³-hybridized carbons (Fsp3) is 0.238. The summed E-state index contributed by atoms with van der Waals surface area (Å²) < 4.78 is 48.3. The van der Waals surface area contributed by atoms with Crippen LogP contribution in [-0.2, 0) is 52.2 Å². The summed E-state index contributed by atoms with van der Waals surface area (Å²) in [6.07, 6.45) is 2.42. The topological polar surface area (TPSA) is 64.6 Å². The highest BCUT2D eigenvalue weighted by atomic mass is 16.7. The monoisotopic (exact) mass is 924 g/mol. The molecule has 0 aromatic heterocycles. The molecule has 0 saturated carbocycles. The van der Waals surface area contributed by atoms with Crippen LogP contribution in [0.4, 0.5) is 0 Å². The van der Waals surface area contributed by atoms with Crippen molar-refractivity contribution < 1.29 is 33.2 Å². The normalized spacial score (nSPS) is 18.8. The van der Waals surface area contributed by atoms with Crippen molar-refractivity contribution in [3.05, 3.63) is 232 Å². The largest absolute Gasteiger partial charge is 0.493 e. The fourth-order valence-electron chi connectivity index (χ4n) is 11.6. The standard InChI is InChI=1S/C63H56O7/c1-42-27-30-54-55(47-40-69-63(70-41-47)50-24-16-19-46(39-50)53-31-28-44-17-10-12-25-51(44)59(53)63)37-43(38-56(54)58(42)61(64-2,65-3)48-20-6-4-7-21-48)33-36-66-57-32-29-45-18-11-13-26-52(45)60(57)62(49-22-8-5-9-23-49)67-34-14-15-35-68-62/h4-13,16-32,37-39,47H,14-15,33-36,40-41H2,1-3H3. The van der Waals surface area contributed by atoms with E-state index in [4.69, 9.17) is 33.2 Å². The van der Waals surface area contributed by atoms with E-state index in [1.54, 1.807) is 14.2 Å². The summed E-state index contributed by atoms with van der Waals surface area (Å²) in [5, 5.41) is 6.54. The first-order valence-electron chi connectivity index (χ1n) is 24.6. The summed E-state index contributed by atoms with van der Waals surface area (Å²) in [5.41, 5.74) is 11.4. The van der Waals surface area contributed by atoms with Crippen LogP contribution in [0.1, 0.15) is 68.8 Å². The molecular formula is C63H56O7. The third-order valence-electron chi connectivity index (χ3n) is 14.9. The predicted molar refractivity (Wildman–Crippen MR) is 276 cm³/mol. The fourth-order valence-corrected chi connectivity index (χ4v) is 11.6. The van der Waals surface area contributed by atoms with Crippen molar-refractivity contribution >= 4 is 32.3 Å². The minimum atomic E-state index is -1.19. The lowest BCUT2D eigenvalue weighted by atomic mass is 9.79. The van der Waals surface area contributed by atoms with Crippen molar-refractivity contribution in [2.75, 3.05) is 47.3 Å². The molecule has 7 nitrogen and oxygen atoms in total. The third-order valence-corrected chi connectivity index (χ3v) is 14.9. The molecule has 0 atom stereocenters. The van der Waals surface area contributed by atoms with Gasteiger partial charge in [0.2, 0.25) is 17.4 Å². The van der Waals surface area contributed by atoms with Crippen molar-refractivity contribution in [2.24, 2.45) is 0 Å². The first-order valence-corrected chi connectivity index (χ1v) is 24.6. The summed E-state index contributed by atoms with van der Waals surface area (Å²) in [6.45, 7) is 4.53. The predicted octanol–water partition coefficient (Wildman–Crippen LogP) is 13.6. The molecule has 2 saturated heterocycles. The Morgan fingerprint density at radius 1 is 0.543 bits per heavy atom. The van der Waals surface area contributed by atoms with Gasteiger partial charge < -0.3 is 33.2 Å². The van der Waals surface area contributed by atoms with E-state index in [-0.39, 0.29) is 5.92 Å². The molecule has 3 aliphatic rings. The van der Waals surface area contributed by atoms with Gasteiger partial charge in [-0.25, -0.2) is 0 Å². The minimum Gasteiger partial charge on any atom is -0.493 e. The Bertz CT molecular complexity index is 3360. The van der Waals surface area contributed by atoms with E-state index >= 15 is 0 Å². The zero-order valence-electron chi connectivity index (χ0n) is 39.9.